The molecule has 2 rings (SSSR count). The van der Waals surface area contributed by atoms with Crippen LogP contribution in [-0.4, -0.2) is 17.8 Å². The minimum atomic E-state index is -0.103. The molecule has 0 heterocycles. The molecule has 1 aliphatic rings. The van der Waals surface area contributed by atoms with Crippen molar-refractivity contribution in [3.05, 3.63) is 33.3 Å². The van der Waals surface area contributed by atoms with Crippen molar-refractivity contribution in [2.45, 2.75) is 24.6 Å². The maximum atomic E-state index is 12.0. The zero-order chi connectivity index (χ0) is 13.1. The third-order valence-electron chi connectivity index (χ3n) is 3.22. The van der Waals surface area contributed by atoms with E-state index in [4.69, 9.17) is 23.2 Å². The van der Waals surface area contributed by atoms with Gasteiger partial charge in [0.2, 0.25) is 0 Å². The van der Waals surface area contributed by atoms with Gasteiger partial charge in [-0.3, -0.25) is 4.79 Å². The molecule has 1 fully saturated rings. The average Bonchev–Trinajstić information content (AvgIpc) is 2.70. The number of hydrogen-bond acceptors (Lipinski definition) is 1. The SMILES string of the molecule is O=C(NCC1CCCC1Cl)c1cc(Cl)cc(Br)c1. The van der Waals surface area contributed by atoms with Crippen molar-refractivity contribution < 1.29 is 4.79 Å². The first-order chi connectivity index (χ1) is 8.56. The Morgan fingerprint density at radius 3 is 2.78 bits per heavy atom. The molecule has 1 aromatic rings. The van der Waals surface area contributed by atoms with Gasteiger partial charge in [0, 0.05) is 27.0 Å². The van der Waals surface area contributed by atoms with E-state index in [-0.39, 0.29) is 11.3 Å². The molecular weight excluding hydrogens is 337 g/mol. The van der Waals surface area contributed by atoms with Crippen molar-refractivity contribution in [3.63, 3.8) is 0 Å². The molecule has 1 N–H and O–H groups in total. The van der Waals surface area contributed by atoms with E-state index in [1.807, 2.05) is 0 Å². The van der Waals surface area contributed by atoms with Crippen LogP contribution in [0.5, 0.6) is 0 Å². The average molecular weight is 351 g/mol. The number of hydrogen-bond donors (Lipinski definition) is 1. The molecule has 0 aromatic heterocycles. The summed E-state index contributed by atoms with van der Waals surface area (Å²) < 4.78 is 0.802. The second-order valence-electron chi connectivity index (χ2n) is 4.58. The lowest BCUT2D eigenvalue weighted by Gasteiger charge is -2.14. The lowest BCUT2D eigenvalue weighted by atomic mass is 10.1. The van der Waals surface area contributed by atoms with Crippen molar-refractivity contribution >= 4 is 45.0 Å². The lowest BCUT2D eigenvalue weighted by molar-refractivity contribution is 0.0947. The van der Waals surface area contributed by atoms with Crippen molar-refractivity contribution in [1.29, 1.82) is 0 Å². The Bertz CT molecular complexity index is 432. The second-order valence-corrected chi connectivity index (χ2v) is 6.49. The Labute approximate surface area is 125 Å². The summed E-state index contributed by atoms with van der Waals surface area (Å²) in [5, 5.41) is 3.66. The van der Waals surface area contributed by atoms with Crippen molar-refractivity contribution in [2.75, 3.05) is 6.54 Å². The van der Waals surface area contributed by atoms with Crippen molar-refractivity contribution in [2.24, 2.45) is 5.92 Å². The molecule has 0 aliphatic heterocycles. The van der Waals surface area contributed by atoms with Crippen LogP contribution < -0.4 is 5.32 Å². The first kappa shape index (κ1) is 14.2. The van der Waals surface area contributed by atoms with Crippen LogP contribution in [0.25, 0.3) is 0 Å². The zero-order valence-electron chi connectivity index (χ0n) is 9.76. The molecule has 2 atom stereocenters. The normalized spacial score (nSPS) is 23.1. The lowest BCUT2D eigenvalue weighted by Crippen LogP contribution is -2.31. The van der Waals surface area contributed by atoms with E-state index >= 15 is 0 Å². The third kappa shape index (κ3) is 3.62. The van der Waals surface area contributed by atoms with E-state index in [0.29, 0.717) is 23.0 Å². The molecule has 1 aliphatic carbocycles. The number of rotatable bonds is 3. The maximum Gasteiger partial charge on any atom is 0.251 e. The zero-order valence-corrected chi connectivity index (χ0v) is 12.9. The Morgan fingerprint density at radius 2 is 2.17 bits per heavy atom. The molecule has 0 radical (unpaired) electrons. The molecule has 0 saturated heterocycles. The highest BCUT2D eigenvalue weighted by atomic mass is 79.9. The van der Waals surface area contributed by atoms with Crippen LogP contribution in [0.3, 0.4) is 0 Å². The summed E-state index contributed by atoms with van der Waals surface area (Å²) >= 11 is 15.4. The van der Waals surface area contributed by atoms with Crippen molar-refractivity contribution in [1.82, 2.24) is 5.32 Å². The van der Waals surface area contributed by atoms with Gasteiger partial charge in [-0.25, -0.2) is 0 Å². The summed E-state index contributed by atoms with van der Waals surface area (Å²) in [6, 6.07) is 5.17. The minimum Gasteiger partial charge on any atom is -0.352 e. The predicted molar refractivity (Wildman–Crippen MR) is 78.5 cm³/mol. The molecule has 0 bridgehead atoms. The van der Waals surface area contributed by atoms with Gasteiger partial charge < -0.3 is 5.32 Å². The highest BCUT2D eigenvalue weighted by Gasteiger charge is 2.25. The van der Waals surface area contributed by atoms with Gasteiger partial charge in [0.05, 0.1) is 0 Å². The van der Waals surface area contributed by atoms with Crippen LogP contribution in [0.1, 0.15) is 29.6 Å². The number of carbonyl (C=O) groups excluding carboxylic acids is 1. The fourth-order valence-corrected chi connectivity index (χ4v) is 3.46. The summed E-state index contributed by atoms with van der Waals surface area (Å²) in [5.41, 5.74) is 0.568. The van der Waals surface area contributed by atoms with E-state index in [2.05, 4.69) is 21.2 Å². The topological polar surface area (TPSA) is 29.1 Å². The summed E-state index contributed by atoms with van der Waals surface area (Å²) in [7, 11) is 0. The van der Waals surface area contributed by atoms with Crippen LogP contribution in [-0.2, 0) is 0 Å². The fourth-order valence-electron chi connectivity index (χ4n) is 2.23. The Balaban J connectivity index is 1.95. The van der Waals surface area contributed by atoms with E-state index in [1.54, 1.807) is 18.2 Å². The third-order valence-corrected chi connectivity index (χ3v) is 4.47. The van der Waals surface area contributed by atoms with E-state index in [9.17, 15) is 4.79 Å². The van der Waals surface area contributed by atoms with E-state index in [0.717, 1.165) is 23.7 Å². The number of nitrogens with one attached hydrogen (secondary N) is 1. The molecule has 1 amide bonds. The number of halogens is 3. The van der Waals surface area contributed by atoms with Gasteiger partial charge in [-0.05, 0) is 37.0 Å². The molecule has 1 aromatic carbocycles. The fraction of sp³-hybridized carbons (Fsp3) is 0.462. The molecule has 98 valence electrons. The molecule has 2 nitrogen and oxygen atoms in total. The van der Waals surface area contributed by atoms with Gasteiger partial charge >= 0.3 is 0 Å². The Kier molecular flexibility index (Phi) is 4.93. The number of carbonyl (C=O) groups is 1. The van der Waals surface area contributed by atoms with Gasteiger partial charge in [-0.1, -0.05) is 34.0 Å². The molecule has 18 heavy (non-hydrogen) atoms. The molecule has 0 spiro atoms. The van der Waals surface area contributed by atoms with E-state index in [1.165, 1.54) is 0 Å². The first-order valence-corrected chi connectivity index (χ1v) is 7.55. The monoisotopic (exact) mass is 349 g/mol. The molecular formula is C13H14BrCl2NO. The smallest absolute Gasteiger partial charge is 0.251 e. The molecule has 1 saturated carbocycles. The van der Waals surface area contributed by atoms with Gasteiger partial charge in [0.25, 0.3) is 5.91 Å². The number of alkyl halides is 1. The maximum absolute atomic E-state index is 12.0. The number of benzene rings is 1. The van der Waals surface area contributed by atoms with Crippen molar-refractivity contribution in [3.8, 4) is 0 Å². The van der Waals surface area contributed by atoms with Gasteiger partial charge in [-0.15, -0.1) is 11.6 Å². The Morgan fingerprint density at radius 1 is 1.39 bits per heavy atom. The number of amides is 1. The van der Waals surface area contributed by atoms with Crippen LogP contribution in [0.4, 0.5) is 0 Å². The van der Waals surface area contributed by atoms with Crippen LogP contribution >= 0.6 is 39.1 Å². The first-order valence-electron chi connectivity index (χ1n) is 5.94. The van der Waals surface area contributed by atoms with Crippen LogP contribution in [0, 0.1) is 5.92 Å². The standard InChI is InChI=1S/C13H14BrCl2NO/c14-10-4-9(5-11(15)6-10)13(18)17-7-8-2-1-3-12(8)16/h4-6,8,12H,1-3,7H2,(H,17,18). The van der Waals surface area contributed by atoms with E-state index < -0.39 is 0 Å². The summed E-state index contributed by atoms with van der Waals surface area (Å²) in [6.07, 6.45) is 3.29. The highest BCUT2D eigenvalue weighted by molar-refractivity contribution is 9.10. The molecule has 2 unspecified atom stereocenters. The largest absolute Gasteiger partial charge is 0.352 e. The quantitative estimate of drug-likeness (QED) is 0.811. The van der Waals surface area contributed by atoms with Gasteiger partial charge in [-0.2, -0.15) is 0 Å². The Hall–Kier alpha value is -0.250. The van der Waals surface area contributed by atoms with Gasteiger partial charge in [0.1, 0.15) is 0 Å². The summed E-state index contributed by atoms with van der Waals surface area (Å²) in [5.74, 6) is 0.284. The van der Waals surface area contributed by atoms with Crippen LogP contribution in [0.2, 0.25) is 5.02 Å². The second kappa shape index (κ2) is 6.27. The van der Waals surface area contributed by atoms with Crippen LogP contribution in [0.15, 0.2) is 22.7 Å². The predicted octanol–water partition coefficient (Wildman–Crippen LogP) is 4.24. The summed E-state index contributed by atoms with van der Waals surface area (Å²) in [6.45, 7) is 0.636. The highest BCUT2D eigenvalue weighted by Crippen LogP contribution is 2.29. The molecule has 5 heteroatoms. The summed E-state index contributed by atoms with van der Waals surface area (Å²) in [4.78, 5) is 12.0. The minimum absolute atomic E-state index is 0.103. The van der Waals surface area contributed by atoms with Gasteiger partial charge in [0.15, 0.2) is 0 Å².